The van der Waals surface area contributed by atoms with Crippen molar-refractivity contribution in [2.24, 2.45) is 0 Å². The van der Waals surface area contributed by atoms with Crippen LogP contribution >= 0.6 is 11.3 Å². The van der Waals surface area contributed by atoms with Gasteiger partial charge in [-0.05, 0) is 154 Å². The second-order valence-electron chi connectivity index (χ2n) is 24.4. The lowest BCUT2D eigenvalue weighted by Gasteiger charge is -2.55. The third kappa shape index (κ3) is 5.35. The summed E-state index contributed by atoms with van der Waals surface area (Å²) in [5, 5.41) is 2.85. The van der Waals surface area contributed by atoms with Gasteiger partial charge in [0.15, 0.2) is 0 Å². The third-order valence-electron chi connectivity index (χ3n) is 19.5. The number of para-hydroxylation sites is 1. The van der Waals surface area contributed by atoms with Crippen molar-refractivity contribution in [3.8, 4) is 33.4 Å². The van der Waals surface area contributed by atoms with Crippen molar-refractivity contribution >= 4 is 72.0 Å². The molecule has 4 heterocycles. The van der Waals surface area contributed by atoms with Crippen LogP contribution in [0.3, 0.4) is 0 Å². The monoisotopic (exact) mass is 916 g/mol. The first-order valence-electron chi connectivity index (χ1n) is 26.4. The van der Waals surface area contributed by atoms with Gasteiger partial charge in [-0.15, -0.1) is 11.3 Å². The summed E-state index contributed by atoms with van der Waals surface area (Å²) in [7, 11) is 0. The lowest BCUT2D eigenvalue weighted by molar-refractivity contribution is 0.199. The Labute approximate surface area is 414 Å². The molecule has 14 rings (SSSR count). The van der Waals surface area contributed by atoms with Crippen LogP contribution in [0.4, 0.5) is 22.7 Å². The van der Waals surface area contributed by atoms with E-state index < -0.39 is 0 Å². The maximum Gasteiger partial charge on any atom is 0.330 e. The second-order valence-corrected chi connectivity index (χ2v) is 25.4. The maximum atomic E-state index is 3.06. The van der Waals surface area contributed by atoms with Crippen molar-refractivity contribution in [1.82, 2.24) is 0 Å². The van der Waals surface area contributed by atoms with Gasteiger partial charge in [0.05, 0.1) is 11.4 Å². The summed E-state index contributed by atoms with van der Waals surface area (Å²) in [5.41, 5.74) is 25.8. The number of thiophene rings is 1. The Morgan fingerprint density at radius 3 is 2.06 bits per heavy atom. The van der Waals surface area contributed by atoms with Gasteiger partial charge in [0, 0.05) is 64.6 Å². The smallest absolute Gasteiger partial charge is 0.330 e. The molecule has 3 aliphatic heterocycles. The standard InChI is InChI=1S/C65H65BN2S/c1-10-11-20-39-27-29-52(44(35-39)40-21-13-12-14-22-40)67-53-30-28-42-45-36-49-50(62(4,5)34-33-61(49,2)3)38-54(45)69-60(42)57(53)66-56-46(37-51-55(59(56)67)43-23-15-16-25-47(43)63(51,6)7)41-24-19-26-48-58(41)68(66)65(9)32-18-17-31-64(48,65)8/h12-16,19,21-30,35-38H,10-11,17-18,20,31-34H2,1-9H3. The second kappa shape index (κ2) is 14.1. The lowest BCUT2D eigenvalue weighted by Crippen LogP contribution is -2.70. The number of anilines is 4. The van der Waals surface area contributed by atoms with Crippen LogP contribution in [0, 0.1) is 0 Å². The zero-order chi connectivity index (χ0) is 47.1. The van der Waals surface area contributed by atoms with E-state index >= 15 is 0 Å². The number of unbranched alkanes of at least 4 members (excludes halogenated alkanes) is 1. The van der Waals surface area contributed by atoms with Crippen LogP contribution in [-0.4, -0.2) is 12.4 Å². The minimum atomic E-state index is -0.178. The number of aryl methyl sites for hydroxylation is 1. The van der Waals surface area contributed by atoms with E-state index in [2.05, 4.69) is 205 Å². The normalized spacial score (nSPS) is 22.5. The van der Waals surface area contributed by atoms with Crippen LogP contribution in [0.25, 0.3) is 53.6 Å². The predicted octanol–water partition coefficient (Wildman–Crippen LogP) is 16.7. The zero-order valence-corrected chi connectivity index (χ0v) is 43.1. The van der Waals surface area contributed by atoms with Gasteiger partial charge in [-0.3, -0.25) is 0 Å². The molecule has 2 atom stereocenters. The summed E-state index contributed by atoms with van der Waals surface area (Å²) in [6.07, 6.45) is 10.8. The predicted molar refractivity (Wildman–Crippen MR) is 298 cm³/mol. The number of fused-ring (bicyclic) bond motifs is 16. The summed E-state index contributed by atoms with van der Waals surface area (Å²) < 4.78 is 2.89. The minimum absolute atomic E-state index is 0.0315. The van der Waals surface area contributed by atoms with Gasteiger partial charge in [0.2, 0.25) is 0 Å². The summed E-state index contributed by atoms with van der Waals surface area (Å²) in [4.78, 5) is 5.87. The molecule has 344 valence electrons. The van der Waals surface area contributed by atoms with E-state index in [0.717, 1.165) is 6.42 Å². The largest absolute Gasteiger partial charge is 0.400 e. The van der Waals surface area contributed by atoms with Crippen LogP contribution in [-0.2, 0) is 28.1 Å². The molecule has 1 fully saturated rings. The highest BCUT2D eigenvalue weighted by Gasteiger charge is 2.63. The highest BCUT2D eigenvalue weighted by molar-refractivity contribution is 7.27. The fourth-order valence-electron chi connectivity index (χ4n) is 15.3. The van der Waals surface area contributed by atoms with Crippen molar-refractivity contribution in [2.75, 3.05) is 9.71 Å². The molecule has 3 aliphatic carbocycles. The van der Waals surface area contributed by atoms with Gasteiger partial charge in [-0.2, -0.15) is 0 Å². The Morgan fingerprint density at radius 2 is 1.26 bits per heavy atom. The zero-order valence-electron chi connectivity index (χ0n) is 42.3. The van der Waals surface area contributed by atoms with Crippen LogP contribution in [0.5, 0.6) is 0 Å². The highest BCUT2D eigenvalue weighted by Crippen LogP contribution is 2.65. The van der Waals surface area contributed by atoms with Gasteiger partial charge >= 0.3 is 6.85 Å². The minimum Gasteiger partial charge on any atom is -0.400 e. The summed E-state index contributed by atoms with van der Waals surface area (Å²) in [6.45, 7) is 22.6. The Balaban J connectivity index is 1.17. The molecule has 0 saturated heterocycles. The average Bonchev–Trinajstić information content (AvgIpc) is 3.91. The molecule has 0 radical (unpaired) electrons. The van der Waals surface area contributed by atoms with E-state index in [1.807, 2.05) is 0 Å². The topological polar surface area (TPSA) is 6.48 Å². The van der Waals surface area contributed by atoms with Gasteiger partial charge in [-0.1, -0.05) is 160 Å². The first-order chi connectivity index (χ1) is 33.2. The van der Waals surface area contributed by atoms with Gasteiger partial charge in [0.1, 0.15) is 0 Å². The Bertz CT molecular complexity index is 3540. The Morgan fingerprint density at radius 1 is 0.551 bits per heavy atom. The number of benzene rings is 7. The number of nitrogens with zero attached hydrogens (tertiary/aromatic N) is 2. The molecule has 0 amide bonds. The first-order valence-corrected chi connectivity index (χ1v) is 27.3. The van der Waals surface area contributed by atoms with E-state index in [-0.39, 0.29) is 34.0 Å². The summed E-state index contributed by atoms with van der Waals surface area (Å²) >= 11 is 2.08. The third-order valence-corrected chi connectivity index (χ3v) is 20.7. The molecule has 0 bridgehead atoms. The number of hydrogen-bond acceptors (Lipinski definition) is 3. The number of rotatable bonds is 5. The lowest BCUT2D eigenvalue weighted by atomic mass is 9.41. The van der Waals surface area contributed by atoms with Gasteiger partial charge in [-0.25, -0.2) is 0 Å². The van der Waals surface area contributed by atoms with Crippen molar-refractivity contribution in [3.63, 3.8) is 0 Å². The quantitative estimate of drug-likeness (QED) is 0.159. The fraction of sp³-hybridized carbons (Fsp3) is 0.354. The van der Waals surface area contributed by atoms with E-state index in [4.69, 9.17) is 0 Å². The molecule has 7 aromatic carbocycles. The van der Waals surface area contributed by atoms with Crippen LogP contribution in [0.1, 0.15) is 147 Å². The fourth-order valence-corrected chi connectivity index (χ4v) is 16.6. The van der Waals surface area contributed by atoms with E-state index in [9.17, 15) is 0 Å². The van der Waals surface area contributed by atoms with Gasteiger partial charge < -0.3 is 9.71 Å². The van der Waals surface area contributed by atoms with Gasteiger partial charge in [0.25, 0.3) is 0 Å². The summed E-state index contributed by atoms with van der Waals surface area (Å²) in [6, 6.07) is 48.7. The molecular formula is C65H65BN2S. The summed E-state index contributed by atoms with van der Waals surface area (Å²) in [5.74, 6) is 0. The van der Waals surface area contributed by atoms with Crippen LogP contribution < -0.4 is 20.6 Å². The Hall–Kier alpha value is -5.58. The SMILES string of the molecule is CCCCc1ccc(N2c3ccc4c(sc5cc6c(cc54)C(C)(C)CCC6(C)C)c3B3c4c(cc5c(c42)-c2ccccc2C5(C)C)-c2cccc4c2N3C2(C)CCCCC42C)c(-c2ccccc2)c1. The molecule has 0 N–H and O–H groups in total. The Kier molecular flexibility index (Phi) is 8.62. The van der Waals surface area contributed by atoms with Crippen molar-refractivity contribution in [2.45, 2.75) is 147 Å². The molecule has 69 heavy (non-hydrogen) atoms. The molecule has 8 aromatic rings. The molecule has 4 heteroatoms. The van der Waals surface area contributed by atoms with Crippen molar-refractivity contribution < 1.29 is 0 Å². The molecule has 1 aromatic heterocycles. The number of hydrogen-bond donors (Lipinski definition) is 0. The molecule has 1 saturated carbocycles. The van der Waals surface area contributed by atoms with E-state index in [1.54, 1.807) is 16.7 Å². The van der Waals surface area contributed by atoms with Crippen LogP contribution in [0.15, 0.2) is 121 Å². The molecule has 2 nitrogen and oxygen atoms in total. The molecule has 6 aliphatic rings. The average molecular weight is 917 g/mol. The first kappa shape index (κ1) is 42.3. The van der Waals surface area contributed by atoms with Crippen LogP contribution in [0.2, 0.25) is 0 Å². The van der Waals surface area contributed by atoms with Crippen molar-refractivity contribution in [1.29, 1.82) is 0 Å². The van der Waals surface area contributed by atoms with E-state index in [0.29, 0.717) is 0 Å². The highest BCUT2D eigenvalue weighted by atomic mass is 32.1. The molecule has 2 unspecified atom stereocenters. The van der Waals surface area contributed by atoms with E-state index in [1.165, 1.54) is 155 Å². The molecular weight excluding hydrogens is 852 g/mol. The van der Waals surface area contributed by atoms with Crippen molar-refractivity contribution in [3.05, 3.63) is 155 Å². The molecule has 0 spiro atoms. The maximum absolute atomic E-state index is 3.06.